The van der Waals surface area contributed by atoms with Crippen LogP contribution in [0.5, 0.6) is 11.5 Å². The molecular formula is C26H30N6O3. The van der Waals surface area contributed by atoms with Gasteiger partial charge in [0.05, 0.1) is 31.2 Å². The zero-order chi connectivity index (χ0) is 24.9. The number of hydrogen-bond acceptors (Lipinski definition) is 7. The Kier molecular flexibility index (Phi) is 7.22. The Morgan fingerprint density at radius 3 is 2.63 bits per heavy atom. The minimum Gasteiger partial charge on any atom is -0.497 e. The molecule has 0 unspecified atom stereocenters. The molecule has 2 N–H and O–H groups in total. The minimum absolute atomic E-state index is 0.0203. The molecule has 1 aliphatic rings. The first-order valence-corrected chi connectivity index (χ1v) is 11.4. The predicted octanol–water partition coefficient (Wildman–Crippen LogP) is 2.32. The van der Waals surface area contributed by atoms with Crippen molar-refractivity contribution >= 4 is 22.8 Å². The molecule has 1 saturated heterocycles. The first-order valence-electron chi connectivity index (χ1n) is 11.4. The Morgan fingerprint density at radius 1 is 1.20 bits per heavy atom. The van der Waals surface area contributed by atoms with Crippen LogP contribution in [0, 0.1) is 11.8 Å². The molecule has 1 aromatic carbocycles. The fraction of sp³-hybridized carbons (Fsp3) is 0.346. The number of fused-ring (bicyclic) bond motifs is 1. The number of ether oxygens (including phenoxy) is 2. The van der Waals surface area contributed by atoms with Gasteiger partial charge in [0.25, 0.3) is 0 Å². The van der Waals surface area contributed by atoms with Gasteiger partial charge in [0, 0.05) is 43.5 Å². The number of nitrogens with two attached hydrogens (primary N) is 1. The van der Waals surface area contributed by atoms with Gasteiger partial charge in [0.15, 0.2) is 0 Å². The number of carbonyl (C=O) groups is 1. The largest absolute Gasteiger partial charge is 0.497 e. The number of nitrogen functional groups attached to an aromatic ring is 1. The summed E-state index contributed by atoms with van der Waals surface area (Å²) in [5.74, 6) is 8.12. The number of benzene rings is 1. The highest BCUT2D eigenvalue weighted by atomic mass is 16.5. The molecule has 35 heavy (non-hydrogen) atoms. The van der Waals surface area contributed by atoms with Crippen molar-refractivity contribution in [3.8, 4) is 23.3 Å². The normalized spacial score (nSPS) is 15.6. The summed E-state index contributed by atoms with van der Waals surface area (Å²) in [5, 5.41) is 0.713. The van der Waals surface area contributed by atoms with E-state index in [2.05, 4.69) is 26.4 Å². The molecule has 1 amide bonds. The van der Waals surface area contributed by atoms with E-state index in [4.69, 9.17) is 15.2 Å². The number of likely N-dealkylation sites (N-methyl/N-ethyl adjacent to an activating group) is 1. The van der Waals surface area contributed by atoms with E-state index in [1.807, 2.05) is 48.3 Å². The lowest BCUT2D eigenvalue weighted by molar-refractivity contribution is -0.125. The van der Waals surface area contributed by atoms with Gasteiger partial charge in [0.2, 0.25) is 5.91 Å². The van der Waals surface area contributed by atoms with Crippen LogP contribution < -0.4 is 15.2 Å². The molecule has 1 atom stereocenters. The number of amides is 1. The molecule has 0 aliphatic carbocycles. The van der Waals surface area contributed by atoms with E-state index < -0.39 is 0 Å². The molecule has 9 heteroatoms. The molecule has 0 bridgehead atoms. The highest BCUT2D eigenvalue weighted by Gasteiger charge is 2.28. The molecule has 1 aliphatic heterocycles. The van der Waals surface area contributed by atoms with Gasteiger partial charge in [-0.25, -0.2) is 9.97 Å². The quantitative estimate of drug-likeness (QED) is 0.432. The summed E-state index contributed by atoms with van der Waals surface area (Å²) in [6.07, 6.45) is 7.77. The van der Waals surface area contributed by atoms with Crippen LogP contribution in [0.25, 0.3) is 11.0 Å². The standard InChI is InChI=1S/C26H30N6O3/c1-30(2)10-5-6-23(33)31-11-9-20(16-31)32-15-19(24-25(27)28-17-29-26(24)32)8-7-18-12-21(34-3)14-22(13-18)35-4/h5-6,12-15,17,20H,9-11,16H2,1-4H3,(H2,27,28,29)/t20-/m0/s1. The van der Waals surface area contributed by atoms with Crippen molar-refractivity contribution in [1.82, 2.24) is 24.3 Å². The Labute approximate surface area is 205 Å². The van der Waals surface area contributed by atoms with Crippen molar-refractivity contribution in [2.75, 3.05) is 53.7 Å². The topological polar surface area (TPSA) is 98.7 Å². The fourth-order valence-electron chi connectivity index (χ4n) is 4.14. The first-order chi connectivity index (χ1) is 16.9. The van der Waals surface area contributed by atoms with Gasteiger partial charge in [-0.05, 0) is 32.6 Å². The Hall–Kier alpha value is -4.03. The van der Waals surface area contributed by atoms with E-state index in [1.54, 1.807) is 26.4 Å². The van der Waals surface area contributed by atoms with Crippen molar-refractivity contribution in [3.05, 3.63) is 54.0 Å². The van der Waals surface area contributed by atoms with Crippen LogP contribution in [-0.2, 0) is 4.79 Å². The molecule has 182 valence electrons. The predicted molar refractivity (Wildman–Crippen MR) is 135 cm³/mol. The first kappa shape index (κ1) is 24.1. The van der Waals surface area contributed by atoms with Crippen molar-refractivity contribution in [2.24, 2.45) is 0 Å². The van der Waals surface area contributed by atoms with Crippen molar-refractivity contribution in [1.29, 1.82) is 0 Å². The van der Waals surface area contributed by atoms with E-state index >= 15 is 0 Å². The summed E-state index contributed by atoms with van der Waals surface area (Å²) in [6.45, 7) is 2.00. The summed E-state index contributed by atoms with van der Waals surface area (Å²) in [7, 11) is 7.14. The minimum atomic E-state index is 0.0203. The van der Waals surface area contributed by atoms with Gasteiger partial charge in [-0.1, -0.05) is 17.9 Å². The number of aromatic nitrogens is 3. The third-order valence-corrected chi connectivity index (χ3v) is 5.93. The highest BCUT2D eigenvalue weighted by Crippen LogP contribution is 2.31. The maximum Gasteiger partial charge on any atom is 0.246 e. The smallest absolute Gasteiger partial charge is 0.246 e. The lowest BCUT2D eigenvalue weighted by Crippen LogP contribution is -2.27. The molecule has 4 rings (SSSR count). The van der Waals surface area contributed by atoms with E-state index in [-0.39, 0.29) is 11.9 Å². The number of hydrogen-bond donors (Lipinski definition) is 1. The third-order valence-electron chi connectivity index (χ3n) is 5.93. The average molecular weight is 475 g/mol. The number of carbonyl (C=O) groups excluding carboxylic acids is 1. The average Bonchev–Trinajstić information content (AvgIpc) is 3.48. The summed E-state index contributed by atoms with van der Waals surface area (Å²) in [5.41, 5.74) is 8.43. The maximum absolute atomic E-state index is 12.6. The Balaban J connectivity index is 1.63. The summed E-state index contributed by atoms with van der Waals surface area (Å²) in [4.78, 5) is 25.2. The second kappa shape index (κ2) is 10.5. The van der Waals surface area contributed by atoms with Crippen molar-refractivity contribution in [3.63, 3.8) is 0 Å². The molecule has 9 nitrogen and oxygen atoms in total. The van der Waals surface area contributed by atoms with Gasteiger partial charge in [0.1, 0.15) is 29.3 Å². The van der Waals surface area contributed by atoms with E-state index in [0.717, 1.165) is 24.1 Å². The summed E-state index contributed by atoms with van der Waals surface area (Å²) < 4.78 is 12.8. The van der Waals surface area contributed by atoms with Gasteiger partial charge in [-0.3, -0.25) is 4.79 Å². The van der Waals surface area contributed by atoms with Gasteiger partial charge < -0.3 is 29.6 Å². The number of nitrogens with zero attached hydrogens (tertiary/aromatic N) is 5. The van der Waals surface area contributed by atoms with Crippen LogP contribution in [0.2, 0.25) is 0 Å². The van der Waals surface area contributed by atoms with Gasteiger partial charge in [-0.15, -0.1) is 0 Å². The highest BCUT2D eigenvalue weighted by molar-refractivity contribution is 5.92. The number of methoxy groups -OCH3 is 2. The number of likely N-dealkylation sites (tertiary alicyclic amines) is 1. The van der Waals surface area contributed by atoms with E-state index in [9.17, 15) is 4.79 Å². The summed E-state index contributed by atoms with van der Waals surface area (Å²) >= 11 is 0. The second-order valence-corrected chi connectivity index (χ2v) is 8.65. The summed E-state index contributed by atoms with van der Waals surface area (Å²) in [6, 6.07) is 5.56. The van der Waals surface area contributed by atoms with Crippen LogP contribution >= 0.6 is 0 Å². The van der Waals surface area contributed by atoms with Crippen LogP contribution in [0.1, 0.15) is 23.6 Å². The molecule has 0 spiro atoms. The molecule has 3 heterocycles. The molecular weight excluding hydrogens is 444 g/mol. The van der Waals surface area contributed by atoms with Crippen molar-refractivity contribution < 1.29 is 14.3 Å². The van der Waals surface area contributed by atoms with Gasteiger partial charge >= 0.3 is 0 Å². The van der Waals surface area contributed by atoms with Crippen LogP contribution in [0.15, 0.2) is 42.9 Å². The number of anilines is 1. The van der Waals surface area contributed by atoms with Crippen LogP contribution in [0.3, 0.4) is 0 Å². The molecule has 0 saturated carbocycles. The third kappa shape index (κ3) is 5.39. The van der Waals surface area contributed by atoms with E-state index in [1.165, 1.54) is 6.33 Å². The Morgan fingerprint density at radius 2 is 1.94 bits per heavy atom. The zero-order valence-corrected chi connectivity index (χ0v) is 20.5. The zero-order valence-electron chi connectivity index (χ0n) is 20.5. The Bertz CT molecular complexity index is 1300. The van der Waals surface area contributed by atoms with Crippen molar-refractivity contribution in [2.45, 2.75) is 12.5 Å². The van der Waals surface area contributed by atoms with Crippen LogP contribution in [0.4, 0.5) is 5.82 Å². The lowest BCUT2D eigenvalue weighted by atomic mass is 10.1. The number of rotatable bonds is 6. The molecule has 1 fully saturated rings. The second-order valence-electron chi connectivity index (χ2n) is 8.65. The monoisotopic (exact) mass is 474 g/mol. The van der Waals surface area contributed by atoms with E-state index in [0.29, 0.717) is 41.4 Å². The lowest BCUT2D eigenvalue weighted by Gasteiger charge is -2.16. The van der Waals surface area contributed by atoms with Crippen LogP contribution in [-0.4, -0.2) is 78.2 Å². The molecule has 0 radical (unpaired) electrons. The maximum atomic E-state index is 12.6. The molecule has 2 aromatic heterocycles. The molecule has 3 aromatic rings. The SMILES string of the molecule is COc1cc(C#Cc2cn([C@H]3CCN(C(=O)C=CCN(C)C)C3)c3ncnc(N)c23)cc(OC)c1. The van der Waals surface area contributed by atoms with Gasteiger partial charge in [-0.2, -0.15) is 0 Å². The fourth-order valence-corrected chi connectivity index (χ4v) is 4.14.